The molecule has 1 aliphatic carbocycles. The number of hydrogen-bond acceptors (Lipinski definition) is 2. The molecule has 94 valence electrons. The third kappa shape index (κ3) is 1.90. The van der Waals surface area contributed by atoms with Crippen molar-refractivity contribution in [3.8, 4) is 0 Å². The minimum Gasteiger partial charge on any atom is -0.300 e. The van der Waals surface area contributed by atoms with Crippen LogP contribution in [0.5, 0.6) is 0 Å². The van der Waals surface area contributed by atoms with Crippen molar-refractivity contribution in [3.05, 3.63) is 46.0 Å². The number of aryl methyl sites for hydroxylation is 1. The smallest absolute Gasteiger partial charge is 0.195 e. The number of nitrogens with one attached hydrogen (secondary N) is 1. The maximum Gasteiger partial charge on any atom is 0.195 e. The van der Waals surface area contributed by atoms with Gasteiger partial charge in [-0.2, -0.15) is 5.10 Å². The molecule has 1 aromatic heterocycles. The predicted molar refractivity (Wildman–Crippen MR) is 74.3 cm³/mol. The van der Waals surface area contributed by atoms with E-state index in [0.29, 0.717) is 6.04 Å². The molecule has 1 heterocycles. The van der Waals surface area contributed by atoms with Crippen LogP contribution in [-0.2, 0) is 19.3 Å². The Hall–Kier alpha value is -1.42. The van der Waals surface area contributed by atoms with Crippen molar-refractivity contribution >= 4 is 12.2 Å². The molecule has 0 fully saturated rings. The number of nitrogens with zero attached hydrogens (tertiary/aromatic N) is 2. The molecule has 0 bridgehead atoms. The zero-order chi connectivity index (χ0) is 12.5. The van der Waals surface area contributed by atoms with E-state index < -0.39 is 0 Å². The highest BCUT2D eigenvalue weighted by molar-refractivity contribution is 7.71. The fourth-order valence-corrected chi connectivity index (χ4v) is 3.13. The zero-order valence-corrected chi connectivity index (χ0v) is 11.3. The van der Waals surface area contributed by atoms with Gasteiger partial charge in [0.2, 0.25) is 0 Å². The lowest BCUT2D eigenvalue weighted by molar-refractivity contribution is 0.499. The molecule has 1 N–H and O–H groups in total. The summed E-state index contributed by atoms with van der Waals surface area (Å²) >= 11 is 5.38. The van der Waals surface area contributed by atoms with Crippen molar-refractivity contribution in [2.24, 2.45) is 0 Å². The van der Waals surface area contributed by atoms with Gasteiger partial charge in [-0.1, -0.05) is 31.2 Å². The SMILES string of the molecule is CCCc1n[nH]c(=S)n1C1Cc2ccccc2C1. The molecule has 0 unspecified atom stereocenters. The van der Waals surface area contributed by atoms with Crippen LogP contribution in [0.3, 0.4) is 0 Å². The summed E-state index contributed by atoms with van der Waals surface area (Å²) < 4.78 is 2.98. The third-order valence-electron chi connectivity index (χ3n) is 3.65. The van der Waals surface area contributed by atoms with E-state index in [1.54, 1.807) is 0 Å². The molecule has 0 atom stereocenters. The van der Waals surface area contributed by atoms with E-state index in [9.17, 15) is 0 Å². The van der Waals surface area contributed by atoms with Gasteiger partial charge in [-0.15, -0.1) is 0 Å². The summed E-state index contributed by atoms with van der Waals surface area (Å²) in [6.45, 7) is 2.17. The van der Waals surface area contributed by atoms with Crippen LogP contribution in [0.1, 0.15) is 36.3 Å². The second-order valence-corrected chi connectivity index (χ2v) is 5.28. The number of hydrogen-bond donors (Lipinski definition) is 1. The molecule has 2 aromatic rings. The maximum atomic E-state index is 5.38. The van der Waals surface area contributed by atoms with Crippen molar-refractivity contribution in [2.45, 2.75) is 38.6 Å². The van der Waals surface area contributed by atoms with Gasteiger partial charge in [-0.05, 0) is 42.6 Å². The number of fused-ring (bicyclic) bond motifs is 1. The Morgan fingerprint density at radius 2 is 2.00 bits per heavy atom. The highest BCUT2D eigenvalue weighted by atomic mass is 32.1. The molecule has 1 aliphatic rings. The molecule has 0 amide bonds. The van der Waals surface area contributed by atoms with E-state index in [1.165, 1.54) is 11.1 Å². The van der Waals surface area contributed by atoms with Crippen molar-refractivity contribution in [1.29, 1.82) is 0 Å². The summed E-state index contributed by atoms with van der Waals surface area (Å²) in [6, 6.07) is 9.11. The molecule has 3 nitrogen and oxygen atoms in total. The molecule has 0 spiro atoms. The Bertz CT molecular complexity index is 586. The number of aromatic nitrogens is 3. The van der Waals surface area contributed by atoms with Crippen LogP contribution in [-0.4, -0.2) is 14.8 Å². The standard InChI is InChI=1S/C14H17N3S/c1-2-5-13-15-16-14(18)17(13)12-8-10-6-3-4-7-11(10)9-12/h3-4,6-7,12H,2,5,8-9H2,1H3,(H,16,18). The summed E-state index contributed by atoms with van der Waals surface area (Å²) in [5.41, 5.74) is 2.90. The van der Waals surface area contributed by atoms with E-state index in [2.05, 4.69) is 46.0 Å². The molecule has 1 aromatic carbocycles. The summed E-state index contributed by atoms with van der Waals surface area (Å²) in [5, 5.41) is 7.30. The van der Waals surface area contributed by atoms with E-state index in [1.807, 2.05) is 0 Å². The monoisotopic (exact) mass is 259 g/mol. The first-order valence-corrected chi connectivity index (χ1v) is 6.93. The molecule has 0 radical (unpaired) electrons. The minimum atomic E-state index is 0.440. The van der Waals surface area contributed by atoms with Gasteiger partial charge in [-0.3, -0.25) is 5.10 Å². The lowest BCUT2D eigenvalue weighted by atomic mass is 10.1. The molecule has 0 saturated carbocycles. The Balaban J connectivity index is 1.94. The first-order valence-electron chi connectivity index (χ1n) is 6.52. The van der Waals surface area contributed by atoms with Crippen molar-refractivity contribution in [2.75, 3.05) is 0 Å². The van der Waals surface area contributed by atoms with Crippen LogP contribution in [0, 0.1) is 4.77 Å². The second kappa shape index (κ2) is 4.69. The van der Waals surface area contributed by atoms with Crippen LogP contribution in [0.2, 0.25) is 0 Å². The molecule has 18 heavy (non-hydrogen) atoms. The van der Waals surface area contributed by atoms with Crippen LogP contribution in [0.4, 0.5) is 0 Å². The Morgan fingerprint density at radius 1 is 1.33 bits per heavy atom. The number of rotatable bonds is 3. The summed E-state index contributed by atoms with van der Waals surface area (Å²) in [5.74, 6) is 1.10. The molecule has 3 rings (SSSR count). The topological polar surface area (TPSA) is 33.6 Å². The van der Waals surface area contributed by atoms with Crippen molar-refractivity contribution < 1.29 is 0 Å². The van der Waals surface area contributed by atoms with E-state index in [-0.39, 0.29) is 0 Å². The van der Waals surface area contributed by atoms with Crippen molar-refractivity contribution in [3.63, 3.8) is 0 Å². The molecular formula is C14H17N3S. The summed E-state index contributed by atoms with van der Waals surface area (Å²) in [7, 11) is 0. The maximum absolute atomic E-state index is 5.38. The van der Waals surface area contributed by atoms with Gasteiger partial charge < -0.3 is 4.57 Å². The Kier molecular flexibility index (Phi) is 3.04. The number of benzene rings is 1. The molecule has 0 saturated heterocycles. The quantitative estimate of drug-likeness (QED) is 0.859. The van der Waals surface area contributed by atoms with Gasteiger partial charge in [-0.25, -0.2) is 0 Å². The third-order valence-corrected chi connectivity index (χ3v) is 3.93. The molecule has 4 heteroatoms. The fraction of sp³-hybridized carbons (Fsp3) is 0.429. The van der Waals surface area contributed by atoms with Gasteiger partial charge in [0.15, 0.2) is 4.77 Å². The normalized spacial score (nSPS) is 14.9. The van der Waals surface area contributed by atoms with Crippen LogP contribution >= 0.6 is 12.2 Å². The van der Waals surface area contributed by atoms with E-state index >= 15 is 0 Å². The highest BCUT2D eigenvalue weighted by Crippen LogP contribution is 2.30. The predicted octanol–water partition coefficient (Wildman–Crippen LogP) is 3.23. The first-order chi connectivity index (χ1) is 8.79. The average molecular weight is 259 g/mol. The van der Waals surface area contributed by atoms with Crippen LogP contribution < -0.4 is 0 Å². The fourth-order valence-electron chi connectivity index (χ4n) is 2.83. The molecular weight excluding hydrogens is 242 g/mol. The first kappa shape index (κ1) is 11.7. The Labute approximate surface area is 112 Å². The second-order valence-electron chi connectivity index (χ2n) is 4.90. The lowest BCUT2D eigenvalue weighted by Gasteiger charge is -2.13. The van der Waals surface area contributed by atoms with Gasteiger partial charge >= 0.3 is 0 Å². The van der Waals surface area contributed by atoms with Crippen LogP contribution in [0.25, 0.3) is 0 Å². The Morgan fingerprint density at radius 3 is 2.61 bits per heavy atom. The van der Waals surface area contributed by atoms with E-state index in [0.717, 1.165) is 36.3 Å². The van der Waals surface area contributed by atoms with Gasteiger partial charge in [0, 0.05) is 12.5 Å². The van der Waals surface area contributed by atoms with E-state index in [4.69, 9.17) is 12.2 Å². The number of H-pyrrole nitrogens is 1. The molecule has 0 aliphatic heterocycles. The highest BCUT2D eigenvalue weighted by Gasteiger charge is 2.24. The number of aromatic amines is 1. The minimum absolute atomic E-state index is 0.440. The lowest BCUT2D eigenvalue weighted by Crippen LogP contribution is -2.13. The van der Waals surface area contributed by atoms with Crippen LogP contribution in [0.15, 0.2) is 24.3 Å². The summed E-state index contributed by atoms with van der Waals surface area (Å²) in [6.07, 6.45) is 4.22. The largest absolute Gasteiger partial charge is 0.300 e. The van der Waals surface area contributed by atoms with Crippen molar-refractivity contribution in [1.82, 2.24) is 14.8 Å². The average Bonchev–Trinajstić information content (AvgIpc) is 2.93. The van der Waals surface area contributed by atoms with Gasteiger partial charge in [0.05, 0.1) is 0 Å². The summed E-state index contributed by atoms with van der Waals surface area (Å²) in [4.78, 5) is 0. The zero-order valence-electron chi connectivity index (χ0n) is 10.5. The van der Waals surface area contributed by atoms with Gasteiger partial charge in [0.1, 0.15) is 5.82 Å². The van der Waals surface area contributed by atoms with Gasteiger partial charge in [0.25, 0.3) is 0 Å².